The van der Waals surface area contributed by atoms with Crippen LogP contribution in [0.4, 0.5) is 0 Å². The molecule has 0 bridgehead atoms. The van der Waals surface area contributed by atoms with Crippen LogP contribution >= 0.6 is 11.6 Å². The van der Waals surface area contributed by atoms with Crippen molar-refractivity contribution in [2.24, 2.45) is 5.92 Å². The summed E-state index contributed by atoms with van der Waals surface area (Å²) in [4.78, 5) is 28.1. The molecular weight excluding hydrogens is 442 g/mol. The van der Waals surface area contributed by atoms with Crippen LogP contribution in [0.15, 0.2) is 16.9 Å². The van der Waals surface area contributed by atoms with E-state index in [1.165, 1.54) is 0 Å². The van der Waals surface area contributed by atoms with Gasteiger partial charge in [0.05, 0.1) is 5.02 Å². The van der Waals surface area contributed by atoms with E-state index < -0.39 is 5.79 Å². The lowest BCUT2D eigenvalue weighted by atomic mass is 9.81. The van der Waals surface area contributed by atoms with Gasteiger partial charge in [0, 0.05) is 47.8 Å². The molecule has 1 amide bonds. The number of hydrogen-bond acceptors (Lipinski definition) is 5. The number of carbonyl (C=O) groups is 1. The Hall–Kier alpha value is -2.51. The molecule has 4 rings (SSSR count). The number of ether oxygens (including phenoxy) is 2. The fourth-order valence-corrected chi connectivity index (χ4v) is 5.25. The minimum absolute atomic E-state index is 0.123. The second-order valence-corrected chi connectivity index (χ2v) is 9.78. The van der Waals surface area contributed by atoms with Gasteiger partial charge in [0.25, 0.3) is 17.3 Å². The third-order valence-corrected chi connectivity index (χ3v) is 7.37. The average molecular weight is 474 g/mol. The van der Waals surface area contributed by atoms with E-state index in [4.69, 9.17) is 21.1 Å². The fraction of sp³-hybridized carbons (Fsp3) is 0.520. The van der Waals surface area contributed by atoms with E-state index in [2.05, 4.69) is 15.6 Å². The number of pyridine rings is 1. The molecule has 2 heterocycles. The predicted molar refractivity (Wildman–Crippen MR) is 128 cm³/mol. The molecule has 1 aliphatic heterocycles. The summed E-state index contributed by atoms with van der Waals surface area (Å²) >= 11 is 6.54. The van der Waals surface area contributed by atoms with Crippen LogP contribution in [0.1, 0.15) is 65.3 Å². The highest BCUT2D eigenvalue weighted by molar-refractivity contribution is 6.33. The molecular formula is C25H32ClN3O4. The first kappa shape index (κ1) is 23.6. The van der Waals surface area contributed by atoms with Crippen molar-refractivity contribution in [2.75, 3.05) is 7.05 Å². The molecule has 3 N–H and O–H groups in total. The monoisotopic (exact) mass is 473 g/mol. The number of aromatic nitrogens is 1. The summed E-state index contributed by atoms with van der Waals surface area (Å²) in [5.74, 6) is 0.128. The summed E-state index contributed by atoms with van der Waals surface area (Å²) in [6.45, 7) is 7.60. The van der Waals surface area contributed by atoms with E-state index in [0.717, 1.165) is 36.9 Å². The Morgan fingerprint density at radius 1 is 1.15 bits per heavy atom. The Morgan fingerprint density at radius 3 is 2.45 bits per heavy atom. The van der Waals surface area contributed by atoms with E-state index in [1.54, 1.807) is 6.07 Å². The van der Waals surface area contributed by atoms with Gasteiger partial charge < -0.3 is 25.1 Å². The number of halogens is 1. The van der Waals surface area contributed by atoms with E-state index in [9.17, 15) is 9.59 Å². The van der Waals surface area contributed by atoms with Crippen molar-refractivity contribution in [1.29, 1.82) is 0 Å². The smallest absolute Gasteiger partial charge is 0.253 e. The van der Waals surface area contributed by atoms with Gasteiger partial charge in [-0.1, -0.05) is 11.6 Å². The number of rotatable bonds is 5. The lowest BCUT2D eigenvalue weighted by molar-refractivity contribution is -0.121. The molecule has 1 unspecified atom stereocenters. The maximum absolute atomic E-state index is 13.0. The summed E-state index contributed by atoms with van der Waals surface area (Å²) in [5, 5.41) is 6.54. The Balaban J connectivity index is 1.53. The molecule has 7 nitrogen and oxygen atoms in total. The molecule has 33 heavy (non-hydrogen) atoms. The first-order valence-electron chi connectivity index (χ1n) is 11.5. The maximum Gasteiger partial charge on any atom is 0.253 e. The highest BCUT2D eigenvalue weighted by atomic mass is 35.5. The minimum atomic E-state index is -0.809. The third kappa shape index (κ3) is 4.49. The van der Waals surface area contributed by atoms with E-state index in [-0.39, 0.29) is 23.9 Å². The summed E-state index contributed by atoms with van der Waals surface area (Å²) < 4.78 is 12.6. The normalized spacial score (nSPS) is 24.1. The summed E-state index contributed by atoms with van der Waals surface area (Å²) in [6.07, 6.45) is 4.12. The highest BCUT2D eigenvalue weighted by Gasteiger charge is 2.47. The molecule has 0 saturated heterocycles. The van der Waals surface area contributed by atoms with Crippen molar-refractivity contribution in [3.05, 3.63) is 55.5 Å². The van der Waals surface area contributed by atoms with Crippen molar-refractivity contribution in [1.82, 2.24) is 15.6 Å². The first-order valence-corrected chi connectivity index (χ1v) is 11.9. The molecule has 1 aromatic heterocycles. The molecule has 2 aliphatic rings. The van der Waals surface area contributed by atoms with Gasteiger partial charge in [0.2, 0.25) is 0 Å². The zero-order valence-corrected chi connectivity index (χ0v) is 20.6. The van der Waals surface area contributed by atoms with Gasteiger partial charge in [-0.05, 0) is 71.2 Å². The third-order valence-electron chi connectivity index (χ3n) is 7.09. The lowest BCUT2D eigenvalue weighted by Gasteiger charge is -2.37. The van der Waals surface area contributed by atoms with E-state index in [0.29, 0.717) is 39.3 Å². The number of hydrogen-bond donors (Lipinski definition) is 3. The maximum atomic E-state index is 13.0. The molecule has 8 heteroatoms. The zero-order valence-electron chi connectivity index (χ0n) is 19.9. The van der Waals surface area contributed by atoms with Crippen LogP contribution in [0.2, 0.25) is 5.02 Å². The molecule has 2 aromatic rings. The number of fused-ring (bicyclic) bond motifs is 1. The van der Waals surface area contributed by atoms with Gasteiger partial charge in [-0.15, -0.1) is 0 Å². The van der Waals surface area contributed by atoms with Gasteiger partial charge >= 0.3 is 0 Å². The standard InChI is InChI=1S/C25H32ClN3O4/c1-13-10-14(2)29-24(31)19(13)12-28-23(30)18-11-20(26)22-21(15(18)3)32-25(4,33-22)16-6-8-17(27-5)9-7-16/h10-11,16-17,27H,6-9,12H2,1-5H3,(H,28,30)(H,29,31). The molecule has 1 fully saturated rings. The topological polar surface area (TPSA) is 92.5 Å². The zero-order chi connectivity index (χ0) is 23.9. The Kier molecular flexibility index (Phi) is 6.47. The molecule has 1 saturated carbocycles. The van der Waals surface area contributed by atoms with Gasteiger partial charge in [-0.25, -0.2) is 0 Å². The Labute approximate surface area is 199 Å². The van der Waals surface area contributed by atoms with Crippen molar-refractivity contribution in [2.45, 2.75) is 71.8 Å². The second-order valence-electron chi connectivity index (χ2n) is 9.37. The average Bonchev–Trinajstić information content (AvgIpc) is 3.15. The second kappa shape index (κ2) is 9.03. The van der Waals surface area contributed by atoms with Gasteiger partial charge in [-0.2, -0.15) is 0 Å². The first-order chi connectivity index (χ1) is 15.6. The molecule has 1 aromatic carbocycles. The molecule has 1 atom stereocenters. The van der Waals surface area contributed by atoms with Crippen LogP contribution in [0.25, 0.3) is 0 Å². The molecule has 178 valence electrons. The van der Waals surface area contributed by atoms with E-state index >= 15 is 0 Å². The Morgan fingerprint density at radius 2 is 1.82 bits per heavy atom. The van der Waals surface area contributed by atoms with Gasteiger partial charge in [-0.3, -0.25) is 9.59 Å². The molecule has 0 spiro atoms. The van der Waals surface area contributed by atoms with Gasteiger partial charge in [0.15, 0.2) is 11.5 Å². The van der Waals surface area contributed by atoms with Crippen molar-refractivity contribution >= 4 is 17.5 Å². The lowest BCUT2D eigenvalue weighted by Crippen LogP contribution is -2.46. The van der Waals surface area contributed by atoms with Crippen LogP contribution in [0, 0.1) is 26.7 Å². The number of H-pyrrole nitrogens is 1. The van der Waals surface area contributed by atoms with Crippen LogP contribution < -0.4 is 25.7 Å². The quantitative estimate of drug-likeness (QED) is 0.606. The number of benzene rings is 1. The van der Waals surface area contributed by atoms with Crippen LogP contribution in [-0.4, -0.2) is 29.8 Å². The van der Waals surface area contributed by atoms with Gasteiger partial charge in [0.1, 0.15) is 0 Å². The highest BCUT2D eigenvalue weighted by Crippen LogP contribution is 2.51. The number of aromatic amines is 1. The van der Waals surface area contributed by atoms with Crippen LogP contribution in [0.3, 0.4) is 0 Å². The van der Waals surface area contributed by atoms with Crippen molar-refractivity contribution in [3.63, 3.8) is 0 Å². The largest absolute Gasteiger partial charge is 0.448 e. The summed E-state index contributed by atoms with van der Waals surface area (Å²) in [5.41, 5.74) is 3.04. The number of amides is 1. The number of carbonyl (C=O) groups excluding carboxylic acids is 1. The molecule has 1 aliphatic carbocycles. The number of aryl methyl sites for hydroxylation is 2. The van der Waals surface area contributed by atoms with Crippen LogP contribution in [0.5, 0.6) is 11.5 Å². The SMILES string of the molecule is CNC1CCC(C2(C)Oc3c(Cl)cc(C(=O)NCc4c(C)cc(C)[nH]c4=O)c(C)c3O2)CC1. The molecule has 0 radical (unpaired) electrons. The Bertz CT molecular complexity index is 1140. The summed E-state index contributed by atoms with van der Waals surface area (Å²) in [7, 11) is 2.00. The predicted octanol–water partition coefficient (Wildman–Crippen LogP) is 4.15. The van der Waals surface area contributed by atoms with E-state index in [1.807, 2.05) is 40.8 Å². The van der Waals surface area contributed by atoms with Crippen molar-refractivity contribution in [3.8, 4) is 11.5 Å². The number of nitrogens with one attached hydrogen (secondary N) is 3. The fourth-order valence-electron chi connectivity index (χ4n) is 5.02. The minimum Gasteiger partial charge on any atom is -0.448 e. The summed E-state index contributed by atoms with van der Waals surface area (Å²) in [6, 6.07) is 4.03. The van der Waals surface area contributed by atoms with Crippen molar-refractivity contribution < 1.29 is 14.3 Å². The van der Waals surface area contributed by atoms with Crippen LogP contribution in [-0.2, 0) is 6.54 Å².